The number of rotatable bonds is 59. The van der Waals surface area contributed by atoms with Crippen molar-refractivity contribution in [3.8, 4) is 0 Å². The first-order valence-corrected chi connectivity index (χ1v) is 32.9. The maximum Gasteiger partial charge on any atom is 0.306 e. The van der Waals surface area contributed by atoms with E-state index in [1.165, 1.54) is 161 Å². The molecule has 0 rings (SSSR count). The first-order valence-electron chi connectivity index (χ1n) is 32.9. The van der Waals surface area contributed by atoms with Gasteiger partial charge in [-0.05, 0) is 116 Å². The Morgan fingerprint density at radius 2 is 0.526 bits per heavy atom. The van der Waals surface area contributed by atoms with Gasteiger partial charge in [-0.3, -0.25) is 14.4 Å². The van der Waals surface area contributed by atoms with Gasteiger partial charge in [0, 0.05) is 19.3 Å². The number of allylic oxidation sites excluding steroid dienone is 18. The van der Waals surface area contributed by atoms with E-state index in [0.29, 0.717) is 19.3 Å². The predicted molar refractivity (Wildman–Crippen MR) is 339 cm³/mol. The van der Waals surface area contributed by atoms with E-state index in [2.05, 4.69) is 124 Å². The third-order valence-corrected chi connectivity index (χ3v) is 14.0. The smallest absolute Gasteiger partial charge is 0.306 e. The lowest BCUT2D eigenvalue weighted by Gasteiger charge is -2.18. The largest absolute Gasteiger partial charge is 0.462 e. The number of esters is 3. The summed E-state index contributed by atoms with van der Waals surface area (Å²) in [7, 11) is 0. The zero-order chi connectivity index (χ0) is 56.4. The standard InChI is InChI=1S/C72H122O6/c1-4-7-10-13-16-19-22-25-27-29-30-31-32-33-34-35-36-37-38-39-40-41-42-43-45-47-50-53-56-59-62-65-71(74)77-68-69(67-76-70(73)64-61-58-55-52-49-46-24-21-18-15-12-9-6-3)78-72(75)66-63-60-57-54-51-48-44-28-26-23-20-17-14-11-8-5-2/h9,12,18,20-23,25,28-30,32-33,44,46,49,55,58,69H,4-8,10-11,13-17,19,24,26-27,31,34-43,45,47-48,50-54,56-57,59-68H2,1-3H3/b12-9-,21-18-,23-20-,25-22-,30-29-,33-32-,44-28-,49-46-,58-55-. The van der Waals surface area contributed by atoms with Crippen LogP contribution in [0.3, 0.4) is 0 Å². The van der Waals surface area contributed by atoms with Crippen molar-refractivity contribution < 1.29 is 28.6 Å². The molecule has 0 N–H and O–H groups in total. The summed E-state index contributed by atoms with van der Waals surface area (Å²) in [6.45, 7) is 6.44. The first kappa shape index (κ1) is 74.1. The van der Waals surface area contributed by atoms with Crippen molar-refractivity contribution in [3.05, 3.63) is 109 Å². The SMILES string of the molecule is CC/C=C\C/C=C\C/C=C\C/C=C\CCC(=O)OCC(COC(=O)CCCCCCCCCCCCCCCCCC/C=C\C/C=C\C/C=C\CCCCCCC)OC(=O)CCCCCCC/C=C\C/C=C\CCCCCC. The summed E-state index contributed by atoms with van der Waals surface area (Å²) in [6, 6.07) is 0. The van der Waals surface area contributed by atoms with Gasteiger partial charge in [-0.25, -0.2) is 0 Å². The van der Waals surface area contributed by atoms with E-state index in [1.54, 1.807) is 0 Å². The van der Waals surface area contributed by atoms with Gasteiger partial charge in [-0.2, -0.15) is 0 Å². The Morgan fingerprint density at radius 1 is 0.269 bits per heavy atom. The monoisotopic (exact) mass is 1080 g/mol. The zero-order valence-corrected chi connectivity index (χ0v) is 51.2. The van der Waals surface area contributed by atoms with E-state index < -0.39 is 6.10 Å². The summed E-state index contributed by atoms with van der Waals surface area (Å²) >= 11 is 0. The van der Waals surface area contributed by atoms with Crippen molar-refractivity contribution in [3.63, 3.8) is 0 Å². The molecule has 6 heteroatoms. The molecule has 0 saturated heterocycles. The summed E-state index contributed by atoms with van der Waals surface area (Å²) < 4.78 is 16.8. The highest BCUT2D eigenvalue weighted by molar-refractivity contribution is 5.71. The van der Waals surface area contributed by atoms with Gasteiger partial charge in [0.15, 0.2) is 6.10 Å². The van der Waals surface area contributed by atoms with Gasteiger partial charge in [-0.1, -0.05) is 284 Å². The second-order valence-corrected chi connectivity index (χ2v) is 21.6. The highest BCUT2D eigenvalue weighted by atomic mass is 16.6. The third kappa shape index (κ3) is 62.9. The molecule has 446 valence electrons. The second kappa shape index (κ2) is 65.6. The van der Waals surface area contributed by atoms with Gasteiger partial charge >= 0.3 is 17.9 Å². The van der Waals surface area contributed by atoms with Crippen molar-refractivity contribution in [2.45, 2.75) is 316 Å². The molecule has 0 radical (unpaired) electrons. The Bertz CT molecular complexity index is 1570. The van der Waals surface area contributed by atoms with Crippen LogP contribution in [0.2, 0.25) is 0 Å². The van der Waals surface area contributed by atoms with E-state index in [0.717, 1.165) is 103 Å². The summed E-state index contributed by atoms with van der Waals surface area (Å²) in [6.07, 6.45) is 89.9. The molecule has 0 aromatic carbocycles. The molecule has 78 heavy (non-hydrogen) atoms. The van der Waals surface area contributed by atoms with Crippen LogP contribution < -0.4 is 0 Å². The van der Waals surface area contributed by atoms with Gasteiger partial charge in [-0.15, -0.1) is 0 Å². The molecule has 1 atom stereocenters. The number of hydrogen-bond donors (Lipinski definition) is 0. The molecule has 0 bridgehead atoms. The number of hydrogen-bond acceptors (Lipinski definition) is 6. The predicted octanol–water partition coefficient (Wildman–Crippen LogP) is 22.6. The van der Waals surface area contributed by atoms with E-state index in [-0.39, 0.29) is 37.5 Å². The number of unbranched alkanes of at least 4 members (excludes halogenated alkanes) is 30. The van der Waals surface area contributed by atoms with E-state index in [9.17, 15) is 14.4 Å². The molecule has 0 heterocycles. The highest BCUT2D eigenvalue weighted by Gasteiger charge is 2.19. The number of ether oxygens (including phenoxy) is 3. The average molecular weight is 1080 g/mol. The highest BCUT2D eigenvalue weighted by Crippen LogP contribution is 2.16. The van der Waals surface area contributed by atoms with Crippen molar-refractivity contribution in [1.29, 1.82) is 0 Å². The van der Waals surface area contributed by atoms with Crippen LogP contribution >= 0.6 is 0 Å². The molecular weight excluding hydrogens is 961 g/mol. The molecule has 0 aliphatic rings. The molecule has 0 aromatic heterocycles. The number of carbonyl (C=O) groups is 3. The van der Waals surface area contributed by atoms with Crippen molar-refractivity contribution >= 4 is 17.9 Å². The van der Waals surface area contributed by atoms with Crippen molar-refractivity contribution in [2.24, 2.45) is 0 Å². The molecule has 0 aromatic rings. The molecule has 0 saturated carbocycles. The molecule has 0 aliphatic carbocycles. The molecule has 0 fully saturated rings. The van der Waals surface area contributed by atoms with Gasteiger partial charge in [0.1, 0.15) is 13.2 Å². The Morgan fingerprint density at radius 3 is 0.872 bits per heavy atom. The van der Waals surface area contributed by atoms with Crippen LogP contribution in [0, 0.1) is 0 Å². The molecule has 0 aliphatic heterocycles. The third-order valence-electron chi connectivity index (χ3n) is 14.0. The van der Waals surface area contributed by atoms with E-state index in [4.69, 9.17) is 14.2 Å². The van der Waals surface area contributed by atoms with Crippen LogP contribution in [0.25, 0.3) is 0 Å². The zero-order valence-electron chi connectivity index (χ0n) is 51.2. The van der Waals surface area contributed by atoms with Crippen LogP contribution in [-0.4, -0.2) is 37.2 Å². The molecule has 0 amide bonds. The maximum absolute atomic E-state index is 12.9. The van der Waals surface area contributed by atoms with Crippen molar-refractivity contribution in [1.82, 2.24) is 0 Å². The fourth-order valence-electron chi connectivity index (χ4n) is 9.08. The minimum atomic E-state index is -0.816. The second-order valence-electron chi connectivity index (χ2n) is 21.6. The molecule has 6 nitrogen and oxygen atoms in total. The van der Waals surface area contributed by atoms with Gasteiger partial charge in [0.25, 0.3) is 0 Å². The molecule has 1 unspecified atom stereocenters. The first-order chi connectivity index (χ1) is 38.5. The Hall–Kier alpha value is -3.93. The minimum absolute atomic E-state index is 0.105. The van der Waals surface area contributed by atoms with E-state index >= 15 is 0 Å². The molecular formula is C72H122O6. The lowest BCUT2D eigenvalue weighted by atomic mass is 10.0. The van der Waals surface area contributed by atoms with Crippen LogP contribution in [0.5, 0.6) is 0 Å². The Balaban J connectivity index is 4.25. The fraction of sp³-hybridized carbons (Fsp3) is 0.708. The normalized spacial score (nSPS) is 12.8. The van der Waals surface area contributed by atoms with Gasteiger partial charge in [0.05, 0.1) is 0 Å². The lowest BCUT2D eigenvalue weighted by molar-refractivity contribution is -0.166. The van der Waals surface area contributed by atoms with Gasteiger partial charge in [0.2, 0.25) is 0 Å². The Kier molecular flexibility index (Phi) is 62.3. The number of carbonyl (C=O) groups excluding carboxylic acids is 3. The summed E-state index contributed by atoms with van der Waals surface area (Å²) in [5.41, 5.74) is 0. The topological polar surface area (TPSA) is 78.9 Å². The van der Waals surface area contributed by atoms with Gasteiger partial charge < -0.3 is 14.2 Å². The molecule has 0 spiro atoms. The van der Waals surface area contributed by atoms with Crippen LogP contribution in [0.1, 0.15) is 310 Å². The fourth-order valence-corrected chi connectivity index (χ4v) is 9.08. The lowest BCUT2D eigenvalue weighted by Crippen LogP contribution is -2.30. The van der Waals surface area contributed by atoms with Crippen molar-refractivity contribution in [2.75, 3.05) is 13.2 Å². The van der Waals surface area contributed by atoms with Crippen LogP contribution in [0.4, 0.5) is 0 Å². The Labute approximate surface area is 482 Å². The summed E-state index contributed by atoms with van der Waals surface area (Å²) in [5.74, 6) is -0.998. The average Bonchev–Trinajstić information content (AvgIpc) is 3.44. The maximum atomic E-state index is 12.9. The van der Waals surface area contributed by atoms with E-state index in [1.807, 2.05) is 6.08 Å². The van der Waals surface area contributed by atoms with Crippen LogP contribution in [0.15, 0.2) is 109 Å². The quantitative estimate of drug-likeness (QED) is 0.0261. The summed E-state index contributed by atoms with van der Waals surface area (Å²) in [5, 5.41) is 0. The summed E-state index contributed by atoms with van der Waals surface area (Å²) in [4.78, 5) is 38.2. The minimum Gasteiger partial charge on any atom is -0.462 e. The van der Waals surface area contributed by atoms with Crippen LogP contribution in [-0.2, 0) is 28.6 Å².